The van der Waals surface area contributed by atoms with Gasteiger partial charge in [-0.05, 0) is 44.9 Å². The van der Waals surface area contributed by atoms with Crippen LogP contribution in [0.4, 0.5) is 0 Å². The molecule has 6 unspecified atom stereocenters. The van der Waals surface area contributed by atoms with E-state index in [9.17, 15) is 34.5 Å². The summed E-state index contributed by atoms with van der Waals surface area (Å²) in [6, 6.07) is 0. The fourth-order valence-corrected chi connectivity index (χ4v) is 8.64. The Labute approximate surface area is 419 Å². The number of rotatable bonds is 48. The average molecular weight is 979 g/mol. The molecule has 0 aromatic rings. The quantitative estimate of drug-likeness (QED) is 0.0228. The molecule has 0 spiro atoms. The number of hydrogen-bond donors (Lipinski definition) is 3. The minimum Gasteiger partial charge on any atom is -0.479 e. The van der Waals surface area contributed by atoms with Gasteiger partial charge in [0, 0.05) is 19.3 Å². The molecule has 3 N–H and O–H groups in total. The van der Waals surface area contributed by atoms with Crippen molar-refractivity contribution in [3.63, 3.8) is 0 Å². The number of carboxylic acid groups (broad SMARTS) is 1. The van der Waals surface area contributed by atoms with Crippen molar-refractivity contribution < 1.29 is 58.2 Å². The maximum Gasteiger partial charge on any atom is 0.335 e. The maximum atomic E-state index is 13.1. The van der Waals surface area contributed by atoms with E-state index in [2.05, 4.69) is 45.1 Å². The van der Waals surface area contributed by atoms with Crippen LogP contribution < -0.4 is 0 Å². The highest BCUT2D eigenvalue weighted by Crippen LogP contribution is 2.26. The second-order valence-corrected chi connectivity index (χ2v) is 19.6. The van der Waals surface area contributed by atoms with Crippen molar-refractivity contribution >= 4 is 23.9 Å². The monoisotopic (exact) mass is 979 g/mol. The fraction of sp³-hybridized carbons (Fsp3) is 0.860. The molecule has 1 fully saturated rings. The molecule has 1 heterocycles. The van der Waals surface area contributed by atoms with Crippen molar-refractivity contribution in [1.29, 1.82) is 0 Å². The molecule has 1 saturated heterocycles. The molecule has 0 aliphatic carbocycles. The number of allylic oxidation sites excluding steroid dienone is 4. The number of hydrogen-bond acceptors (Lipinski definition) is 11. The second-order valence-electron chi connectivity index (χ2n) is 19.6. The first-order chi connectivity index (χ1) is 33.6. The Morgan fingerprint density at radius 1 is 0.478 bits per heavy atom. The first-order valence-electron chi connectivity index (χ1n) is 28.3. The molecular weight excluding hydrogens is 877 g/mol. The zero-order chi connectivity index (χ0) is 50.4. The highest BCUT2D eigenvalue weighted by Gasteiger charge is 2.50. The standard InChI is InChI=1S/C57H102O12/c1-4-7-10-13-16-19-21-23-24-25-26-28-29-32-34-37-40-43-49(58)65-46-48(67-50(59)44-41-38-36-33-30-27-22-20-17-14-11-8-5-2)47-66-57-55(53(62)52(61)54(69-57)56(63)64)68-51(60)45-42-39-35-31-18-15-12-9-6-3/h11,14,20,22,48,52-55,57,61-62H,4-10,12-13,15-19,21,23-47H2,1-3H3,(H,63,64)/b14-11-,22-20-. The summed E-state index contributed by atoms with van der Waals surface area (Å²) in [6.07, 6.45) is 38.9. The van der Waals surface area contributed by atoms with E-state index in [0.29, 0.717) is 19.3 Å². The molecule has 6 atom stereocenters. The van der Waals surface area contributed by atoms with E-state index in [1.165, 1.54) is 109 Å². The van der Waals surface area contributed by atoms with Crippen molar-refractivity contribution in [2.24, 2.45) is 0 Å². The van der Waals surface area contributed by atoms with E-state index in [0.717, 1.165) is 96.3 Å². The number of carboxylic acids is 1. The van der Waals surface area contributed by atoms with E-state index in [4.69, 9.17) is 23.7 Å². The zero-order valence-corrected chi connectivity index (χ0v) is 44.1. The van der Waals surface area contributed by atoms with Gasteiger partial charge in [0.2, 0.25) is 0 Å². The molecule has 1 rings (SSSR count). The van der Waals surface area contributed by atoms with Gasteiger partial charge in [-0.2, -0.15) is 0 Å². The van der Waals surface area contributed by atoms with Crippen LogP contribution in [0.2, 0.25) is 0 Å². The topological polar surface area (TPSA) is 175 Å². The van der Waals surface area contributed by atoms with Crippen LogP contribution in [-0.2, 0) is 42.9 Å². The molecule has 1 aliphatic heterocycles. The molecule has 0 aromatic heterocycles. The van der Waals surface area contributed by atoms with E-state index in [1.54, 1.807) is 0 Å². The third-order valence-electron chi connectivity index (χ3n) is 13.0. The molecule has 12 heteroatoms. The first kappa shape index (κ1) is 64.2. The van der Waals surface area contributed by atoms with Crippen molar-refractivity contribution in [3.05, 3.63) is 24.3 Å². The molecule has 69 heavy (non-hydrogen) atoms. The normalized spacial score (nSPS) is 18.8. The van der Waals surface area contributed by atoms with Gasteiger partial charge in [0.05, 0.1) is 6.61 Å². The molecule has 0 aromatic carbocycles. The lowest BCUT2D eigenvalue weighted by Gasteiger charge is -2.40. The number of ether oxygens (including phenoxy) is 5. The van der Waals surface area contributed by atoms with Gasteiger partial charge in [-0.15, -0.1) is 0 Å². The van der Waals surface area contributed by atoms with Crippen molar-refractivity contribution in [3.8, 4) is 0 Å². The summed E-state index contributed by atoms with van der Waals surface area (Å²) in [7, 11) is 0. The number of aliphatic carboxylic acids is 1. The van der Waals surface area contributed by atoms with Crippen LogP contribution >= 0.6 is 0 Å². The number of carbonyl (C=O) groups excluding carboxylic acids is 3. The minimum atomic E-state index is -1.90. The molecule has 0 radical (unpaired) electrons. The number of aliphatic hydroxyl groups is 2. The summed E-state index contributed by atoms with van der Waals surface area (Å²) >= 11 is 0. The van der Waals surface area contributed by atoms with Gasteiger partial charge in [-0.1, -0.05) is 225 Å². The molecule has 0 bridgehead atoms. The molecule has 1 aliphatic rings. The van der Waals surface area contributed by atoms with Crippen LogP contribution in [0.15, 0.2) is 24.3 Å². The summed E-state index contributed by atoms with van der Waals surface area (Å²) in [5.41, 5.74) is 0. The third-order valence-corrected chi connectivity index (χ3v) is 13.0. The van der Waals surface area contributed by atoms with Crippen LogP contribution in [0.1, 0.15) is 265 Å². The molecule has 0 amide bonds. The van der Waals surface area contributed by atoms with Gasteiger partial charge in [0.15, 0.2) is 24.6 Å². The van der Waals surface area contributed by atoms with E-state index >= 15 is 0 Å². The number of unbranched alkanes of at least 4 members (excludes halogenated alkanes) is 30. The Morgan fingerprint density at radius 3 is 1.36 bits per heavy atom. The molecule has 402 valence electrons. The summed E-state index contributed by atoms with van der Waals surface area (Å²) < 4.78 is 28.3. The van der Waals surface area contributed by atoms with Gasteiger partial charge in [-0.25, -0.2) is 4.79 Å². The number of esters is 3. The predicted molar refractivity (Wildman–Crippen MR) is 276 cm³/mol. The largest absolute Gasteiger partial charge is 0.479 e. The van der Waals surface area contributed by atoms with Crippen LogP contribution in [0.3, 0.4) is 0 Å². The predicted octanol–water partition coefficient (Wildman–Crippen LogP) is 13.9. The Hall–Kier alpha value is -2.80. The molecular formula is C57H102O12. The first-order valence-corrected chi connectivity index (χ1v) is 28.3. The highest BCUT2D eigenvalue weighted by molar-refractivity contribution is 5.74. The SMILES string of the molecule is CCC/C=C\C/C=C\CCCCCCCC(=O)OC(COC(=O)CCCCCCCCCCCCCCCCCCC)COC1OC(C(=O)O)C(O)C(O)C1OC(=O)CCCCCCCCCCC. The maximum absolute atomic E-state index is 13.1. The summed E-state index contributed by atoms with van der Waals surface area (Å²) in [6.45, 7) is 5.90. The van der Waals surface area contributed by atoms with Crippen LogP contribution in [0.5, 0.6) is 0 Å². The van der Waals surface area contributed by atoms with E-state index in [-0.39, 0.29) is 25.9 Å². The number of aliphatic hydroxyl groups excluding tert-OH is 2. The minimum absolute atomic E-state index is 0.0634. The zero-order valence-electron chi connectivity index (χ0n) is 44.1. The summed E-state index contributed by atoms with van der Waals surface area (Å²) in [4.78, 5) is 50.9. The Kier molecular flexibility index (Phi) is 43.1. The van der Waals surface area contributed by atoms with Gasteiger partial charge in [0.1, 0.15) is 18.8 Å². The van der Waals surface area contributed by atoms with Crippen molar-refractivity contribution in [2.75, 3.05) is 13.2 Å². The van der Waals surface area contributed by atoms with Crippen molar-refractivity contribution in [2.45, 2.75) is 302 Å². The molecule has 0 saturated carbocycles. The van der Waals surface area contributed by atoms with E-state index in [1.807, 2.05) is 0 Å². The van der Waals surface area contributed by atoms with Gasteiger partial charge in [-0.3, -0.25) is 14.4 Å². The number of carbonyl (C=O) groups is 4. The molecule has 12 nitrogen and oxygen atoms in total. The van der Waals surface area contributed by atoms with Crippen LogP contribution in [0, 0.1) is 0 Å². The van der Waals surface area contributed by atoms with Gasteiger partial charge >= 0.3 is 23.9 Å². The smallest absolute Gasteiger partial charge is 0.335 e. The lowest BCUT2D eigenvalue weighted by Crippen LogP contribution is -2.61. The Balaban J connectivity index is 2.67. The third kappa shape index (κ3) is 36.7. The Morgan fingerprint density at radius 2 is 0.899 bits per heavy atom. The average Bonchev–Trinajstić information content (AvgIpc) is 3.33. The highest BCUT2D eigenvalue weighted by atomic mass is 16.7. The lowest BCUT2D eigenvalue weighted by atomic mass is 9.98. The van der Waals surface area contributed by atoms with Gasteiger partial charge < -0.3 is 39.0 Å². The van der Waals surface area contributed by atoms with Crippen LogP contribution in [0.25, 0.3) is 0 Å². The van der Waals surface area contributed by atoms with E-state index < -0.39 is 67.3 Å². The summed E-state index contributed by atoms with van der Waals surface area (Å²) in [5.74, 6) is -3.11. The fourth-order valence-electron chi connectivity index (χ4n) is 8.64. The van der Waals surface area contributed by atoms with Crippen molar-refractivity contribution in [1.82, 2.24) is 0 Å². The second kappa shape index (κ2) is 46.3. The Bertz CT molecular complexity index is 1300. The van der Waals surface area contributed by atoms with Crippen LogP contribution in [-0.4, -0.2) is 89.2 Å². The lowest BCUT2D eigenvalue weighted by molar-refractivity contribution is -0.301. The summed E-state index contributed by atoms with van der Waals surface area (Å²) in [5, 5.41) is 31.3. The van der Waals surface area contributed by atoms with Gasteiger partial charge in [0.25, 0.3) is 0 Å².